The van der Waals surface area contributed by atoms with E-state index in [9.17, 15) is 0 Å². The molecule has 0 radical (unpaired) electrons. The molecule has 6 heteroatoms. The van der Waals surface area contributed by atoms with Gasteiger partial charge in [0.1, 0.15) is 24.5 Å². The summed E-state index contributed by atoms with van der Waals surface area (Å²) in [5.41, 5.74) is 0. The van der Waals surface area contributed by atoms with Crippen LogP contribution in [0.1, 0.15) is 12.8 Å². The molecule has 0 atom stereocenters. The molecule has 6 nitrogen and oxygen atoms in total. The van der Waals surface area contributed by atoms with Gasteiger partial charge in [0.25, 0.3) is 0 Å². The molecule has 1 aliphatic heterocycles. The van der Waals surface area contributed by atoms with Crippen LogP contribution in [-0.4, -0.2) is 43.3 Å². The molecule has 0 aliphatic carbocycles. The molecule has 2 heterocycles. The highest BCUT2D eigenvalue weighted by Crippen LogP contribution is 2.17. The van der Waals surface area contributed by atoms with Gasteiger partial charge in [0.05, 0.1) is 6.07 Å². The number of aromatic nitrogens is 2. The lowest BCUT2D eigenvalue weighted by atomic mass is 10.0. The van der Waals surface area contributed by atoms with Crippen LogP contribution < -0.4 is 10.2 Å². The van der Waals surface area contributed by atoms with E-state index in [1.807, 2.05) is 13.1 Å². The molecule has 0 unspecified atom stereocenters. The van der Waals surface area contributed by atoms with Crippen LogP contribution in [0.15, 0.2) is 12.4 Å². The first-order valence-electron chi connectivity index (χ1n) is 6.51. The third-order valence-electron chi connectivity index (χ3n) is 3.26. The summed E-state index contributed by atoms with van der Waals surface area (Å²) in [5, 5.41) is 12.0. The van der Waals surface area contributed by atoms with E-state index >= 15 is 0 Å². The van der Waals surface area contributed by atoms with Crippen molar-refractivity contribution in [3.63, 3.8) is 0 Å². The molecule has 102 valence electrons. The lowest BCUT2D eigenvalue weighted by Crippen LogP contribution is -2.23. The SMILES string of the molecule is CN(CC#N)c1cc(NCC2CCOCC2)ncn1. The lowest BCUT2D eigenvalue weighted by Gasteiger charge is -2.22. The Hall–Kier alpha value is -1.87. The summed E-state index contributed by atoms with van der Waals surface area (Å²) in [4.78, 5) is 10.2. The average molecular weight is 261 g/mol. The largest absolute Gasteiger partial charge is 0.381 e. The standard InChI is InChI=1S/C13H19N5O/c1-18(5-4-14)13-8-12(16-10-17-13)15-9-11-2-6-19-7-3-11/h8,10-11H,2-3,5-7,9H2,1H3,(H,15,16,17). The predicted molar refractivity (Wildman–Crippen MR) is 72.9 cm³/mol. The number of nitrogens with one attached hydrogen (secondary N) is 1. The van der Waals surface area contributed by atoms with Crippen molar-refractivity contribution in [3.8, 4) is 6.07 Å². The Bertz CT molecular complexity index is 439. The van der Waals surface area contributed by atoms with Crippen molar-refractivity contribution in [2.45, 2.75) is 12.8 Å². The fraction of sp³-hybridized carbons (Fsp3) is 0.615. The average Bonchev–Trinajstić information content (AvgIpc) is 2.47. The highest BCUT2D eigenvalue weighted by Gasteiger charge is 2.13. The van der Waals surface area contributed by atoms with Crippen molar-refractivity contribution >= 4 is 11.6 Å². The predicted octanol–water partition coefficient (Wildman–Crippen LogP) is 1.27. The van der Waals surface area contributed by atoms with Crippen LogP contribution >= 0.6 is 0 Å². The van der Waals surface area contributed by atoms with E-state index in [4.69, 9.17) is 10.00 Å². The Morgan fingerprint density at radius 1 is 1.47 bits per heavy atom. The normalized spacial score (nSPS) is 15.8. The fourth-order valence-corrected chi connectivity index (χ4v) is 2.04. The second-order valence-corrected chi connectivity index (χ2v) is 4.71. The van der Waals surface area contributed by atoms with Gasteiger partial charge in [0.2, 0.25) is 0 Å². The minimum Gasteiger partial charge on any atom is -0.381 e. The Kier molecular flexibility index (Phi) is 4.93. The third-order valence-corrected chi connectivity index (χ3v) is 3.26. The van der Waals surface area contributed by atoms with Crippen molar-refractivity contribution < 1.29 is 4.74 Å². The van der Waals surface area contributed by atoms with Gasteiger partial charge < -0.3 is 15.0 Å². The third kappa shape index (κ3) is 4.07. The van der Waals surface area contributed by atoms with Gasteiger partial charge in [0.15, 0.2) is 0 Å². The number of hydrogen-bond acceptors (Lipinski definition) is 6. The number of rotatable bonds is 5. The van der Waals surface area contributed by atoms with Crippen molar-refractivity contribution in [1.29, 1.82) is 5.26 Å². The molecular formula is C13H19N5O. The summed E-state index contributed by atoms with van der Waals surface area (Å²) in [5.74, 6) is 2.20. The topological polar surface area (TPSA) is 74.1 Å². The maximum absolute atomic E-state index is 8.68. The van der Waals surface area contributed by atoms with Gasteiger partial charge in [0, 0.05) is 32.9 Å². The quantitative estimate of drug-likeness (QED) is 0.805. The van der Waals surface area contributed by atoms with E-state index in [2.05, 4.69) is 21.4 Å². The zero-order valence-electron chi connectivity index (χ0n) is 11.2. The Morgan fingerprint density at radius 3 is 3.00 bits per heavy atom. The second-order valence-electron chi connectivity index (χ2n) is 4.71. The van der Waals surface area contributed by atoms with Gasteiger partial charge >= 0.3 is 0 Å². The van der Waals surface area contributed by atoms with Crippen molar-refractivity contribution in [3.05, 3.63) is 12.4 Å². The molecule has 0 amide bonds. The summed E-state index contributed by atoms with van der Waals surface area (Å²) >= 11 is 0. The molecule has 1 aliphatic rings. The van der Waals surface area contributed by atoms with Crippen molar-refractivity contribution in [2.24, 2.45) is 5.92 Å². The van der Waals surface area contributed by atoms with Crippen molar-refractivity contribution in [2.75, 3.05) is 43.6 Å². The minimum absolute atomic E-state index is 0.316. The zero-order chi connectivity index (χ0) is 13.5. The number of anilines is 2. The minimum atomic E-state index is 0.316. The summed E-state index contributed by atoms with van der Waals surface area (Å²) in [6, 6.07) is 3.97. The highest BCUT2D eigenvalue weighted by atomic mass is 16.5. The monoisotopic (exact) mass is 261 g/mol. The van der Waals surface area contributed by atoms with Gasteiger partial charge in [-0.15, -0.1) is 0 Å². The smallest absolute Gasteiger partial charge is 0.134 e. The van der Waals surface area contributed by atoms with Crippen LogP contribution in [-0.2, 0) is 4.74 Å². The summed E-state index contributed by atoms with van der Waals surface area (Å²) < 4.78 is 5.34. The van der Waals surface area contributed by atoms with Gasteiger partial charge in [-0.05, 0) is 18.8 Å². The summed E-state index contributed by atoms with van der Waals surface area (Å²) in [6.45, 7) is 2.93. The van der Waals surface area contributed by atoms with Crippen LogP contribution in [0.2, 0.25) is 0 Å². The molecule has 1 N–H and O–H groups in total. The fourth-order valence-electron chi connectivity index (χ4n) is 2.04. The first-order chi connectivity index (χ1) is 9.29. The molecule has 1 aromatic rings. The first-order valence-corrected chi connectivity index (χ1v) is 6.51. The summed E-state index contributed by atoms with van der Waals surface area (Å²) in [6.07, 6.45) is 3.72. The van der Waals surface area contributed by atoms with Crippen LogP contribution in [0.25, 0.3) is 0 Å². The highest BCUT2D eigenvalue weighted by molar-refractivity contribution is 5.48. The molecule has 2 rings (SSSR count). The number of nitriles is 1. The van der Waals surface area contributed by atoms with E-state index in [0.29, 0.717) is 12.5 Å². The van der Waals surface area contributed by atoms with Crippen LogP contribution in [0.3, 0.4) is 0 Å². The molecule has 1 aromatic heterocycles. The van der Waals surface area contributed by atoms with Crippen molar-refractivity contribution in [1.82, 2.24) is 9.97 Å². The molecule has 0 saturated carbocycles. The Balaban J connectivity index is 1.89. The second kappa shape index (κ2) is 6.90. The van der Waals surface area contributed by atoms with E-state index < -0.39 is 0 Å². The van der Waals surface area contributed by atoms with Gasteiger partial charge in [-0.25, -0.2) is 9.97 Å². The number of ether oxygens (including phenoxy) is 1. The lowest BCUT2D eigenvalue weighted by molar-refractivity contribution is 0.0699. The van der Waals surface area contributed by atoms with Crippen LogP contribution in [0.4, 0.5) is 11.6 Å². The van der Waals surface area contributed by atoms with Gasteiger partial charge in [-0.1, -0.05) is 0 Å². The number of hydrogen-bond donors (Lipinski definition) is 1. The van der Waals surface area contributed by atoms with Gasteiger partial charge in [-0.3, -0.25) is 0 Å². The van der Waals surface area contributed by atoms with E-state index in [0.717, 1.165) is 44.2 Å². The van der Waals surface area contributed by atoms with Crippen LogP contribution in [0, 0.1) is 17.2 Å². The van der Waals surface area contributed by atoms with Crippen LogP contribution in [0.5, 0.6) is 0 Å². The molecule has 19 heavy (non-hydrogen) atoms. The molecular weight excluding hydrogens is 242 g/mol. The summed E-state index contributed by atoms with van der Waals surface area (Å²) in [7, 11) is 1.84. The molecule has 1 saturated heterocycles. The number of nitrogens with zero attached hydrogens (tertiary/aromatic N) is 4. The molecule has 0 aromatic carbocycles. The zero-order valence-corrected chi connectivity index (χ0v) is 11.2. The van der Waals surface area contributed by atoms with E-state index in [-0.39, 0.29) is 0 Å². The van der Waals surface area contributed by atoms with E-state index in [1.165, 1.54) is 6.33 Å². The van der Waals surface area contributed by atoms with Gasteiger partial charge in [-0.2, -0.15) is 5.26 Å². The maximum Gasteiger partial charge on any atom is 0.134 e. The Labute approximate surface area is 113 Å². The maximum atomic E-state index is 8.68. The Morgan fingerprint density at radius 2 is 2.26 bits per heavy atom. The molecule has 0 spiro atoms. The van der Waals surface area contributed by atoms with E-state index in [1.54, 1.807) is 4.90 Å². The molecule has 1 fully saturated rings. The molecule has 0 bridgehead atoms. The first kappa shape index (κ1) is 13.6.